The molecule has 1 N–H and O–H groups in total. The summed E-state index contributed by atoms with van der Waals surface area (Å²) < 4.78 is 50.5. The summed E-state index contributed by atoms with van der Waals surface area (Å²) in [6.07, 6.45) is -2.09. The molecule has 1 aliphatic rings. The minimum atomic E-state index is -4.49. The number of aromatic nitrogens is 1. The monoisotopic (exact) mass is 394 g/mol. The number of aliphatic hydroxyl groups excluding tert-OH is 1. The molecular formula is C20H21F3N2O3. The molecule has 1 aliphatic heterocycles. The van der Waals surface area contributed by atoms with Crippen LogP contribution in [0.5, 0.6) is 11.5 Å². The van der Waals surface area contributed by atoms with E-state index < -0.39 is 11.7 Å². The molecule has 1 aromatic heterocycles. The van der Waals surface area contributed by atoms with Gasteiger partial charge in [-0.1, -0.05) is 18.7 Å². The van der Waals surface area contributed by atoms with Crippen molar-refractivity contribution in [1.29, 1.82) is 0 Å². The molecule has 0 bridgehead atoms. The van der Waals surface area contributed by atoms with Gasteiger partial charge in [-0.25, -0.2) is 0 Å². The van der Waals surface area contributed by atoms with E-state index in [0.29, 0.717) is 25.3 Å². The van der Waals surface area contributed by atoms with E-state index in [1.165, 1.54) is 0 Å². The van der Waals surface area contributed by atoms with Gasteiger partial charge in [0.1, 0.15) is 29.8 Å². The minimum absolute atomic E-state index is 0.0326. The van der Waals surface area contributed by atoms with Gasteiger partial charge in [-0.15, -0.1) is 0 Å². The molecule has 3 rings (SSSR count). The summed E-state index contributed by atoms with van der Waals surface area (Å²) in [5.41, 5.74) is 0.688. The maximum atomic E-state index is 13.1. The molecule has 150 valence electrons. The third-order valence-corrected chi connectivity index (χ3v) is 4.49. The Labute approximate surface area is 161 Å². The van der Waals surface area contributed by atoms with Gasteiger partial charge in [-0.05, 0) is 23.8 Å². The summed E-state index contributed by atoms with van der Waals surface area (Å²) in [5, 5.41) is 9.04. The quantitative estimate of drug-likeness (QED) is 0.777. The zero-order valence-corrected chi connectivity index (χ0v) is 15.2. The molecular weight excluding hydrogens is 373 g/mol. The Bertz CT molecular complexity index is 809. The number of aliphatic hydroxyl groups is 1. The van der Waals surface area contributed by atoms with Crippen molar-refractivity contribution in [2.75, 3.05) is 19.7 Å². The van der Waals surface area contributed by atoms with E-state index in [2.05, 4.69) is 11.6 Å². The molecule has 1 aromatic carbocycles. The second kappa shape index (κ2) is 8.52. The normalized spacial score (nSPS) is 16.9. The number of likely N-dealkylation sites (tertiary alicyclic amines) is 1. The van der Waals surface area contributed by atoms with Gasteiger partial charge in [0.15, 0.2) is 0 Å². The van der Waals surface area contributed by atoms with Crippen LogP contribution < -0.4 is 9.47 Å². The predicted octanol–water partition coefficient (Wildman–Crippen LogP) is 3.64. The highest BCUT2D eigenvalue weighted by Gasteiger charge is 2.35. The molecule has 5 nitrogen and oxygen atoms in total. The van der Waals surface area contributed by atoms with Crippen molar-refractivity contribution in [3.63, 3.8) is 0 Å². The Morgan fingerprint density at radius 1 is 1.25 bits per heavy atom. The highest BCUT2D eigenvalue weighted by molar-refractivity contribution is 5.32. The Hall–Kier alpha value is -2.74. The average molecular weight is 394 g/mol. The summed E-state index contributed by atoms with van der Waals surface area (Å²) in [6.45, 7) is 5.27. The van der Waals surface area contributed by atoms with Crippen molar-refractivity contribution in [2.24, 2.45) is 0 Å². The number of alkyl halides is 3. The molecule has 2 heterocycles. The molecule has 0 unspecified atom stereocenters. The maximum Gasteiger partial charge on any atom is 0.420 e. The number of pyridine rings is 1. The summed E-state index contributed by atoms with van der Waals surface area (Å²) >= 11 is 0. The van der Waals surface area contributed by atoms with Crippen LogP contribution in [-0.4, -0.2) is 40.8 Å². The molecule has 0 amide bonds. The van der Waals surface area contributed by atoms with Crippen molar-refractivity contribution in [1.82, 2.24) is 9.88 Å². The molecule has 8 heteroatoms. The first kappa shape index (κ1) is 20.0. The lowest BCUT2D eigenvalue weighted by atomic mass is 10.2. The van der Waals surface area contributed by atoms with Crippen LogP contribution in [0.1, 0.15) is 17.5 Å². The highest BCUT2D eigenvalue weighted by atomic mass is 19.4. The molecule has 1 atom stereocenters. The fourth-order valence-corrected chi connectivity index (χ4v) is 2.95. The lowest BCUT2D eigenvalue weighted by Crippen LogP contribution is -2.27. The van der Waals surface area contributed by atoms with Crippen molar-refractivity contribution >= 4 is 0 Å². The van der Waals surface area contributed by atoms with Crippen molar-refractivity contribution < 1.29 is 27.8 Å². The first-order valence-electron chi connectivity index (χ1n) is 8.80. The minimum Gasteiger partial charge on any atom is -0.487 e. The Balaban J connectivity index is 1.53. The van der Waals surface area contributed by atoms with Gasteiger partial charge in [0, 0.05) is 24.9 Å². The van der Waals surface area contributed by atoms with Crippen LogP contribution in [-0.2, 0) is 12.8 Å². The van der Waals surface area contributed by atoms with Crippen molar-refractivity contribution in [3.8, 4) is 11.5 Å². The SMILES string of the molecule is C=C(COc1ccc(CO)cc1)N1CC[C@@H](Oc2cnccc2C(F)(F)F)C1. The number of benzene rings is 1. The van der Waals surface area contributed by atoms with Gasteiger partial charge in [0.05, 0.1) is 19.3 Å². The predicted molar refractivity (Wildman–Crippen MR) is 96.8 cm³/mol. The Kier molecular flexibility index (Phi) is 6.08. The topological polar surface area (TPSA) is 54.8 Å². The van der Waals surface area contributed by atoms with Gasteiger partial charge in [0.2, 0.25) is 0 Å². The summed E-state index contributed by atoms with van der Waals surface area (Å²) in [6, 6.07) is 7.97. The molecule has 0 spiro atoms. The number of hydrogen-bond acceptors (Lipinski definition) is 5. The van der Waals surface area contributed by atoms with Crippen LogP contribution in [0.15, 0.2) is 55.0 Å². The van der Waals surface area contributed by atoms with Gasteiger partial charge < -0.3 is 19.5 Å². The zero-order chi connectivity index (χ0) is 20.1. The molecule has 1 fully saturated rings. The van der Waals surface area contributed by atoms with Crippen LogP contribution in [0.2, 0.25) is 0 Å². The molecule has 0 saturated carbocycles. The highest BCUT2D eigenvalue weighted by Crippen LogP contribution is 2.36. The largest absolute Gasteiger partial charge is 0.487 e. The van der Waals surface area contributed by atoms with E-state index in [9.17, 15) is 13.2 Å². The van der Waals surface area contributed by atoms with Gasteiger partial charge in [0.25, 0.3) is 0 Å². The van der Waals surface area contributed by atoms with Crippen LogP contribution in [0.25, 0.3) is 0 Å². The van der Waals surface area contributed by atoms with Crippen LogP contribution in [0, 0.1) is 0 Å². The number of ether oxygens (including phenoxy) is 2. The summed E-state index contributed by atoms with van der Waals surface area (Å²) in [5.74, 6) is 0.392. The van der Waals surface area contributed by atoms with Crippen LogP contribution in [0.3, 0.4) is 0 Å². The second-order valence-electron chi connectivity index (χ2n) is 6.50. The number of rotatable bonds is 7. The van der Waals surface area contributed by atoms with E-state index in [-0.39, 0.29) is 25.1 Å². The Morgan fingerprint density at radius 2 is 2.00 bits per heavy atom. The Morgan fingerprint density at radius 3 is 2.68 bits per heavy atom. The third kappa shape index (κ3) is 4.95. The van der Waals surface area contributed by atoms with Gasteiger partial charge in [-0.3, -0.25) is 4.98 Å². The third-order valence-electron chi connectivity index (χ3n) is 4.49. The van der Waals surface area contributed by atoms with Crippen molar-refractivity contribution in [2.45, 2.75) is 25.3 Å². The van der Waals surface area contributed by atoms with E-state index in [1.807, 2.05) is 4.90 Å². The first-order valence-corrected chi connectivity index (χ1v) is 8.80. The molecule has 28 heavy (non-hydrogen) atoms. The van der Waals surface area contributed by atoms with E-state index in [1.54, 1.807) is 24.3 Å². The first-order chi connectivity index (χ1) is 13.4. The summed E-state index contributed by atoms with van der Waals surface area (Å²) in [4.78, 5) is 5.68. The molecule has 0 radical (unpaired) electrons. The standard InChI is InChI=1S/C20H21F3N2O3/c1-14(13-27-16-4-2-15(12-26)3-5-16)25-9-7-17(11-25)28-19-10-24-8-6-18(19)20(21,22)23/h2-6,8,10,17,26H,1,7,9,11-13H2/t17-/m1/s1. The van der Waals surface area contributed by atoms with Crippen molar-refractivity contribution in [3.05, 3.63) is 66.1 Å². The zero-order valence-electron chi connectivity index (χ0n) is 15.2. The van der Waals surface area contributed by atoms with Crippen LogP contribution in [0.4, 0.5) is 13.2 Å². The second-order valence-corrected chi connectivity index (χ2v) is 6.50. The summed E-state index contributed by atoms with van der Waals surface area (Å²) in [7, 11) is 0. The lowest BCUT2D eigenvalue weighted by Gasteiger charge is -2.22. The van der Waals surface area contributed by atoms with Gasteiger partial charge in [-0.2, -0.15) is 13.2 Å². The fraction of sp³-hybridized carbons (Fsp3) is 0.350. The molecule has 2 aromatic rings. The van der Waals surface area contributed by atoms with E-state index >= 15 is 0 Å². The van der Waals surface area contributed by atoms with Gasteiger partial charge >= 0.3 is 6.18 Å². The number of hydrogen-bond donors (Lipinski definition) is 1. The number of nitrogens with zero attached hydrogens (tertiary/aromatic N) is 2. The average Bonchev–Trinajstić information content (AvgIpc) is 3.14. The van der Waals surface area contributed by atoms with E-state index in [0.717, 1.165) is 29.7 Å². The molecule has 1 saturated heterocycles. The van der Waals surface area contributed by atoms with E-state index in [4.69, 9.17) is 14.6 Å². The maximum absolute atomic E-state index is 13.1. The smallest absolute Gasteiger partial charge is 0.420 e. The van der Waals surface area contributed by atoms with Crippen LogP contribution >= 0.6 is 0 Å². The molecule has 0 aliphatic carbocycles. The fourth-order valence-electron chi connectivity index (χ4n) is 2.95. The number of halogens is 3. The lowest BCUT2D eigenvalue weighted by molar-refractivity contribution is -0.139.